The van der Waals surface area contributed by atoms with Crippen LogP contribution in [0.3, 0.4) is 0 Å². The summed E-state index contributed by atoms with van der Waals surface area (Å²) in [6, 6.07) is 101. The van der Waals surface area contributed by atoms with E-state index in [9.17, 15) is 5.02 Å². The summed E-state index contributed by atoms with van der Waals surface area (Å²) in [5.41, 5.74) is 14.1. The van der Waals surface area contributed by atoms with Gasteiger partial charge in [0.15, 0.2) is 5.58 Å². The lowest BCUT2D eigenvalue weighted by atomic mass is 9.84. The Hall–Kier alpha value is -11.4. The minimum absolute atomic E-state index is 0.674. The lowest BCUT2D eigenvalue weighted by Gasteiger charge is -2.19. The van der Waals surface area contributed by atoms with Crippen molar-refractivity contribution in [1.29, 1.82) is 0 Å². The molecule has 0 amide bonds. The number of halogens is 1. The summed E-state index contributed by atoms with van der Waals surface area (Å²) in [4.78, 5) is 0. The summed E-state index contributed by atoms with van der Waals surface area (Å²) in [6.07, 6.45) is 0. The second kappa shape index (κ2) is 21.7. The van der Waals surface area contributed by atoms with E-state index < -0.39 is 0 Å². The second-order valence-corrected chi connectivity index (χ2v) is 24.1. The highest BCUT2D eigenvalue weighted by Gasteiger charge is 2.26. The van der Waals surface area contributed by atoms with Crippen molar-refractivity contribution in [3.8, 4) is 39.1 Å². The van der Waals surface area contributed by atoms with E-state index in [0.29, 0.717) is 5.75 Å². The van der Waals surface area contributed by atoms with Gasteiger partial charge >= 0.3 is 7.69 Å². The second-order valence-electron chi connectivity index (χ2n) is 23.3. The molecule has 0 atom stereocenters. The van der Waals surface area contributed by atoms with Gasteiger partial charge in [0.05, 0.1) is 15.2 Å². The van der Waals surface area contributed by atoms with Gasteiger partial charge in [-0.1, -0.05) is 255 Å². The van der Waals surface area contributed by atoms with Crippen LogP contribution in [-0.4, -0.2) is 12.7 Å². The van der Waals surface area contributed by atoms with Crippen LogP contribution >= 0.6 is 15.9 Å². The quantitative estimate of drug-likeness (QED) is 0.137. The maximum absolute atomic E-state index is 9.32. The number of hydrogen-bond donors (Lipinski definition) is 1. The predicted molar refractivity (Wildman–Crippen MR) is 386 cm³/mol. The van der Waals surface area contributed by atoms with Gasteiger partial charge in [0.25, 0.3) is 0 Å². The van der Waals surface area contributed by atoms with E-state index in [4.69, 9.17) is 22.3 Å². The fraction of sp³-hybridized carbons (Fsp3) is 0. The Bertz CT molecular complexity index is 6260. The SMILES string of the molecule is Brc1cc2c3ccccc3oc2c2c1oc1ccccc12.O[B]Oc1c2ccccc2c(-c2cccc3ccccc23)c2ccccc12.c1ccc2c(-c3c4ccccc4c(-c4cc5c6ccccc6oc5c5c4oc4ccccc45)c4ccccc34)cccc2c1. The lowest BCUT2D eigenvalue weighted by Crippen LogP contribution is -2.02. The molecular weight excluding hydrogens is 1200 g/mol. The van der Waals surface area contributed by atoms with Crippen molar-refractivity contribution in [3.63, 3.8) is 0 Å². The summed E-state index contributed by atoms with van der Waals surface area (Å²) in [5, 5.41) is 31.9. The fourth-order valence-electron chi connectivity index (χ4n) is 14.4. The van der Waals surface area contributed by atoms with Gasteiger partial charge in [0, 0.05) is 54.2 Å². The van der Waals surface area contributed by atoms with Crippen molar-refractivity contribution in [1.82, 2.24) is 0 Å². The third kappa shape index (κ3) is 8.38. The topological polar surface area (TPSA) is 82.0 Å². The standard InChI is InChI=1S/C42H24O2.C24H16BO2.C18H9BrO2/c1-2-14-26-25(12-1)13-11-21-28(26)38-29-16-3-5-18-31(29)39(32-19-6-4-17-30(32)38)35-24-34-27-15-7-9-22-36(27)43-41(34)40-33-20-8-10-23-37(33)44-42(35)40;26-25-27-24-21-13-5-3-11-19(21)23(20-12-4-6-14-22(20)24)18-15-7-9-16-8-1-2-10-17(16)18;19-13-9-12-10-5-1-3-7-14(10)20-17(12)16-11-6-2-4-8-15(11)21-18(13)16/h1-24H;1-15,26H;1-9H. The molecule has 0 aliphatic carbocycles. The van der Waals surface area contributed by atoms with E-state index in [1.807, 2.05) is 97.1 Å². The molecule has 0 spiro atoms. The molecule has 4 aromatic heterocycles. The third-order valence-corrected chi connectivity index (χ3v) is 18.9. The van der Waals surface area contributed by atoms with Crippen molar-refractivity contribution in [2.24, 2.45) is 0 Å². The number of rotatable bonds is 5. The highest BCUT2D eigenvalue weighted by atomic mass is 79.9. The van der Waals surface area contributed by atoms with E-state index in [1.54, 1.807) is 0 Å². The Kier molecular flexibility index (Phi) is 12.6. The molecule has 0 saturated carbocycles. The first-order valence-corrected chi connectivity index (χ1v) is 31.5. The maximum Gasteiger partial charge on any atom is 0.569 e. The van der Waals surface area contributed by atoms with E-state index in [-0.39, 0.29) is 0 Å². The van der Waals surface area contributed by atoms with Crippen molar-refractivity contribution in [3.05, 3.63) is 296 Å². The van der Waals surface area contributed by atoms with Crippen molar-refractivity contribution in [2.75, 3.05) is 0 Å². The molecule has 1 radical (unpaired) electrons. The van der Waals surface area contributed by atoms with Gasteiger partial charge in [-0.25, -0.2) is 0 Å². The van der Waals surface area contributed by atoms with Crippen molar-refractivity contribution >= 4 is 176 Å². The van der Waals surface area contributed by atoms with Crippen LogP contribution in [-0.2, 0) is 0 Å². The Morgan fingerprint density at radius 1 is 0.261 bits per heavy atom. The van der Waals surface area contributed by atoms with Crippen LogP contribution in [0.1, 0.15) is 0 Å². The number of fused-ring (bicyclic) bond motifs is 20. The Balaban J connectivity index is 0.000000111. The van der Waals surface area contributed by atoms with Crippen LogP contribution in [0.5, 0.6) is 5.75 Å². The average molecular weight is 1250 g/mol. The number of para-hydroxylation sites is 4. The molecule has 431 valence electrons. The third-order valence-electron chi connectivity index (χ3n) is 18.3. The molecule has 0 bridgehead atoms. The maximum atomic E-state index is 9.32. The number of benzene rings is 16. The molecule has 0 aliphatic rings. The molecule has 20 rings (SSSR count). The van der Waals surface area contributed by atoms with Crippen LogP contribution in [0.2, 0.25) is 0 Å². The van der Waals surface area contributed by atoms with E-state index >= 15 is 0 Å². The summed E-state index contributed by atoms with van der Waals surface area (Å²) < 4.78 is 31.9. The summed E-state index contributed by atoms with van der Waals surface area (Å²) in [7, 11) is 0.756. The Labute approximate surface area is 534 Å². The minimum atomic E-state index is 0.674. The van der Waals surface area contributed by atoms with E-state index in [0.717, 1.165) is 127 Å². The monoisotopic (exact) mass is 1240 g/mol. The molecule has 0 fully saturated rings. The molecule has 16 aromatic carbocycles. The van der Waals surface area contributed by atoms with Gasteiger partial charge in [-0.2, -0.15) is 0 Å². The average Bonchev–Trinajstić information content (AvgIpc) is 1.39. The molecule has 20 aromatic rings. The lowest BCUT2D eigenvalue weighted by molar-refractivity contribution is 0.459. The molecule has 0 aliphatic heterocycles. The first kappa shape index (κ1) is 53.6. The van der Waals surface area contributed by atoms with Crippen LogP contribution in [0.25, 0.3) is 186 Å². The highest BCUT2D eigenvalue weighted by molar-refractivity contribution is 9.10. The van der Waals surface area contributed by atoms with Crippen LogP contribution in [0.15, 0.2) is 313 Å². The zero-order chi connectivity index (χ0) is 61.0. The highest BCUT2D eigenvalue weighted by Crippen LogP contribution is 2.51. The van der Waals surface area contributed by atoms with Gasteiger partial charge in [-0.05, 0) is 128 Å². The molecular formula is C84H49BBrO6. The molecule has 6 nitrogen and oxygen atoms in total. The molecule has 0 saturated heterocycles. The number of furan rings is 4. The molecule has 92 heavy (non-hydrogen) atoms. The summed E-state index contributed by atoms with van der Waals surface area (Å²) >= 11 is 3.63. The first-order valence-electron chi connectivity index (χ1n) is 30.7. The normalized spacial score (nSPS) is 11.8. The van der Waals surface area contributed by atoms with Gasteiger partial charge in [0.2, 0.25) is 0 Å². The number of hydrogen-bond acceptors (Lipinski definition) is 6. The van der Waals surface area contributed by atoms with Crippen LogP contribution in [0.4, 0.5) is 0 Å². The van der Waals surface area contributed by atoms with Crippen molar-refractivity contribution < 1.29 is 27.3 Å². The van der Waals surface area contributed by atoms with Crippen molar-refractivity contribution in [2.45, 2.75) is 0 Å². The molecule has 8 heteroatoms. The minimum Gasteiger partial charge on any atom is -0.537 e. The summed E-state index contributed by atoms with van der Waals surface area (Å²) in [6.45, 7) is 0. The predicted octanol–water partition coefficient (Wildman–Crippen LogP) is 24.2. The van der Waals surface area contributed by atoms with Gasteiger partial charge in [-0.15, -0.1) is 0 Å². The molecule has 0 unspecified atom stereocenters. The Morgan fingerprint density at radius 3 is 1.01 bits per heavy atom. The molecule has 4 heterocycles. The van der Waals surface area contributed by atoms with Gasteiger partial charge in [-0.3, -0.25) is 0 Å². The first-order chi connectivity index (χ1) is 45.6. The van der Waals surface area contributed by atoms with E-state index in [1.165, 1.54) is 70.9 Å². The fourth-order valence-corrected chi connectivity index (χ4v) is 14.9. The van der Waals surface area contributed by atoms with Gasteiger partial charge < -0.3 is 27.3 Å². The van der Waals surface area contributed by atoms with Crippen LogP contribution in [0, 0.1) is 0 Å². The van der Waals surface area contributed by atoms with Gasteiger partial charge in [0.1, 0.15) is 44.8 Å². The largest absolute Gasteiger partial charge is 0.569 e. The summed E-state index contributed by atoms with van der Waals surface area (Å²) in [5.74, 6) is 0.674. The smallest absolute Gasteiger partial charge is 0.537 e. The zero-order valence-corrected chi connectivity index (χ0v) is 50.7. The zero-order valence-electron chi connectivity index (χ0n) is 49.2. The van der Waals surface area contributed by atoms with Crippen LogP contribution < -0.4 is 4.65 Å². The Morgan fingerprint density at radius 2 is 0.565 bits per heavy atom. The molecule has 1 N–H and O–H groups in total. The van der Waals surface area contributed by atoms with E-state index in [2.05, 4.69) is 210 Å².